The minimum atomic E-state index is -0.301. The van der Waals surface area contributed by atoms with Crippen LogP contribution in [0.1, 0.15) is 33.3 Å². The third-order valence-electron chi connectivity index (χ3n) is 4.49. The molecule has 0 bridgehead atoms. The van der Waals surface area contributed by atoms with Gasteiger partial charge in [0.1, 0.15) is 0 Å². The van der Waals surface area contributed by atoms with Gasteiger partial charge in [0.2, 0.25) is 0 Å². The first-order valence-corrected chi connectivity index (χ1v) is 8.06. The maximum Gasteiger partial charge on any atom is 0.486 e. The van der Waals surface area contributed by atoms with Crippen molar-refractivity contribution >= 4 is 7.12 Å². The molecule has 2 rings (SSSR count). The van der Waals surface area contributed by atoms with E-state index in [-0.39, 0.29) is 18.3 Å². The fourth-order valence-corrected chi connectivity index (χ4v) is 2.44. The Morgan fingerprint density at radius 1 is 1.13 bits per heavy atom. The van der Waals surface area contributed by atoms with E-state index in [1.165, 1.54) is 5.56 Å². The second-order valence-corrected chi connectivity index (χ2v) is 6.91. The highest BCUT2D eigenvalue weighted by atomic mass is 16.7. The minimum absolute atomic E-state index is 0.301. The van der Waals surface area contributed by atoms with Crippen LogP contribution < -0.4 is 0 Å². The van der Waals surface area contributed by atoms with E-state index in [2.05, 4.69) is 56.7 Å². The minimum Gasteiger partial charge on any atom is -0.400 e. The number of terminal acetylenes is 1. The van der Waals surface area contributed by atoms with Gasteiger partial charge in [0.15, 0.2) is 0 Å². The molecule has 0 atom stereocenters. The van der Waals surface area contributed by atoms with Crippen LogP contribution in [0.25, 0.3) is 0 Å². The first-order chi connectivity index (χ1) is 10.8. The van der Waals surface area contributed by atoms with Crippen LogP contribution in [0.4, 0.5) is 0 Å². The molecule has 0 radical (unpaired) electrons. The van der Waals surface area contributed by atoms with E-state index in [0.29, 0.717) is 6.54 Å². The molecule has 1 aliphatic heterocycles. The van der Waals surface area contributed by atoms with Crippen molar-refractivity contribution in [3.8, 4) is 12.3 Å². The smallest absolute Gasteiger partial charge is 0.400 e. The summed E-state index contributed by atoms with van der Waals surface area (Å²) >= 11 is 0. The molecule has 1 fully saturated rings. The van der Waals surface area contributed by atoms with E-state index >= 15 is 0 Å². The van der Waals surface area contributed by atoms with E-state index in [0.717, 1.165) is 13.1 Å². The first-order valence-electron chi connectivity index (χ1n) is 8.06. The number of rotatable bonds is 6. The number of nitrogens with zero attached hydrogens (tertiary/aromatic N) is 1. The molecule has 0 saturated carbocycles. The molecule has 3 nitrogen and oxygen atoms in total. The molecule has 1 saturated heterocycles. The van der Waals surface area contributed by atoms with Crippen LogP contribution >= 0.6 is 0 Å². The van der Waals surface area contributed by atoms with Crippen LogP contribution in [0, 0.1) is 12.3 Å². The van der Waals surface area contributed by atoms with Crippen molar-refractivity contribution in [2.24, 2.45) is 0 Å². The predicted octanol–water partition coefficient (Wildman–Crippen LogP) is 3.31. The van der Waals surface area contributed by atoms with Crippen molar-refractivity contribution in [3.63, 3.8) is 0 Å². The zero-order chi connectivity index (χ0) is 16.9. The molecule has 0 N–H and O–H groups in total. The maximum atomic E-state index is 5.96. The lowest BCUT2D eigenvalue weighted by atomic mass is 9.90. The predicted molar refractivity (Wildman–Crippen MR) is 95.8 cm³/mol. The highest BCUT2D eigenvalue weighted by Crippen LogP contribution is 2.36. The van der Waals surface area contributed by atoms with Crippen molar-refractivity contribution in [3.05, 3.63) is 47.9 Å². The number of hydrogen-bond acceptors (Lipinski definition) is 3. The summed E-state index contributed by atoms with van der Waals surface area (Å²) in [5.41, 5.74) is 0.654. The molecule has 0 aromatic heterocycles. The Labute approximate surface area is 140 Å². The van der Waals surface area contributed by atoms with E-state index in [4.69, 9.17) is 15.7 Å². The molecule has 4 heteroatoms. The third kappa shape index (κ3) is 4.72. The van der Waals surface area contributed by atoms with Gasteiger partial charge < -0.3 is 9.31 Å². The number of benzene rings is 1. The molecule has 122 valence electrons. The normalized spacial score (nSPS) is 19.4. The monoisotopic (exact) mass is 311 g/mol. The Hall–Kier alpha value is -1.54. The fourth-order valence-electron chi connectivity index (χ4n) is 2.44. The molecule has 1 heterocycles. The van der Waals surface area contributed by atoms with Crippen LogP contribution in [-0.4, -0.2) is 36.3 Å². The summed E-state index contributed by atoms with van der Waals surface area (Å²) < 4.78 is 11.9. The second-order valence-electron chi connectivity index (χ2n) is 6.91. The summed E-state index contributed by atoms with van der Waals surface area (Å²) in [4.78, 5) is 2.21. The summed E-state index contributed by atoms with van der Waals surface area (Å²) in [7, 11) is -0.301. The second kappa shape index (κ2) is 7.36. The van der Waals surface area contributed by atoms with Crippen molar-refractivity contribution in [2.75, 3.05) is 13.1 Å². The standard InChI is InChI=1S/C19H26BNO2/c1-6-14-21(16-17-11-8-7-9-12-17)15-10-13-20-22-18(2,3)19(4,5)23-20/h1,7-13H,14-16H2,2-5H3/b13-10+. The van der Waals surface area contributed by atoms with Gasteiger partial charge in [0, 0.05) is 13.1 Å². The maximum absolute atomic E-state index is 5.96. The molecule has 0 amide bonds. The first kappa shape index (κ1) is 17.8. The fraction of sp³-hybridized carbons (Fsp3) is 0.474. The van der Waals surface area contributed by atoms with Gasteiger partial charge in [-0.2, -0.15) is 0 Å². The average molecular weight is 311 g/mol. The summed E-state index contributed by atoms with van der Waals surface area (Å²) in [5, 5.41) is 0. The summed E-state index contributed by atoms with van der Waals surface area (Å²) in [6.45, 7) is 10.4. The van der Waals surface area contributed by atoms with Gasteiger partial charge in [0.05, 0.1) is 17.7 Å². The summed E-state index contributed by atoms with van der Waals surface area (Å²) in [6, 6.07) is 10.3. The van der Waals surface area contributed by atoms with E-state index in [9.17, 15) is 0 Å². The molecule has 0 spiro atoms. The topological polar surface area (TPSA) is 21.7 Å². The highest BCUT2D eigenvalue weighted by Gasteiger charge is 2.49. The molecule has 0 unspecified atom stereocenters. The Morgan fingerprint density at radius 3 is 2.30 bits per heavy atom. The Kier molecular flexibility index (Phi) is 5.70. The quantitative estimate of drug-likeness (QED) is 0.594. The zero-order valence-electron chi connectivity index (χ0n) is 14.6. The van der Waals surface area contributed by atoms with Gasteiger partial charge in [-0.05, 0) is 33.3 Å². The zero-order valence-corrected chi connectivity index (χ0v) is 14.6. The molecule has 1 aromatic carbocycles. The van der Waals surface area contributed by atoms with E-state index < -0.39 is 0 Å². The summed E-state index contributed by atoms with van der Waals surface area (Å²) in [6.07, 6.45) is 7.55. The van der Waals surface area contributed by atoms with Gasteiger partial charge in [-0.3, -0.25) is 4.90 Å². The van der Waals surface area contributed by atoms with Gasteiger partial charge >= 0.3 is 7.12 Å². The van der Waals surface area contributed by atoms with Crippen LogP contribution in [0.15, 0.2) is 42.4 Å². The number of hydrogen-bond donors (Lipinski definition) is 0. The molecule has 1 aromatic rings. The van der Waals surface area contributed by atoms with Crippen LogP contribution in [0.5, 0.6) is 0 Å². The molecule has 0 aliphatic carbocycles. The Bertz CT molecular complexity index is 559. The van der Waals surface area contributed by atoms with Gasteiger partial charge in [-0.1, -0.05) is 48.3 Å². The lowest BCUT2D eigenvalue weighted by molar-refractivity contribution is 0.00578. The lowest BCUT2D eigenvalue weighted by Gasteiger charge is -2.32. The Balaban J connectivity index is 1.91. The SMILES string of the molecule is C#CCN(C/C=C/B1OC(C)(C)C(C)(C)O1)Cc1ccccc1. The van der Waals surface area contributed by atoms with Gasteiger partial charge in [-0.15, -0.1) is 6.42 Å². The lowest BCUT2D eigenvalue weighted by Crippen LogP contribution is -2.41. The summed E-state index contributed by atoms with van der Waals surface area (Å²) in [5.74, 6) is 4.70. The Morgan fingerprint density at radius 2 is 1.74 bits per heavy atom. The largest absolute Gasteiger partial charge is 0.486 e. The highest BCUT2D eigenvalue weighted by molar-refractivity contribution is 6.51. The van der Waals surface area contributed by atoms with Crippen LogP contribution in [0.3, 0.4) is 0 Å². The molecule has 23 heavy (non-hydrogen) atoms. The van der Waals surface area contributed by atoms with E-state index in [1.54, 1.807) is 0 Å². The van der Waals surface area contributed by atoms with Crippen molar-refractivity contribution in [1.29, 1.82) is 0 Å². The third-order valence-corrected chi connectivity index (χ3v) is 4.49. The van der Waals surface area contributed by atoms with Crippen molar-refractivity contribution < 1.29 is 9.31 Å². The van der Waals surface area contributed by atoms with Crippen LogP contribution in [-0.2, 0) is 15.9 Å². The molecule has 1 aliphatic rings. The molecular formula is C19H26BNO2. The molecular weight excluding hydrogens is 285 g/mol. The van der Waals surface area contributed by atoms with E-state index in [1.807, 2.05) is 24.2 Å². The average Bonchev–Trinajstić information content (AvgIpc) is 2.68. The van der Waals surface area contributed by atoms with Gasteiger partial charge in [-0.25, -0.2) is 0 Å². The van der Waals surface area contributed by atoms with Crippen molar-refractivity contribution in [2.45, 2.75) is 45.4 Å². The van der Waals surface area contributed by atoms with Crippen LogP contribution in [0.2, 0.25) is 0 Å². The van der Waals surface area contributed by atoms with Gasteiger partial charge in [0.25, 0.3) is 0 Å². The van der Waals surface area contributed by atoms with Crippen molar-refractivity contribution in [1.82, 2.24) is 4.90 Å².